The lowest BCUT2D eigenvalue weighted by Gasteiger charge is -2.13. The molecule has 1 rings (SSSR count). The average molecular weight is 321 g/mol. The van der Waals surface area contributed by atoms with Crippen molar-refractivity contribution in [1.29, 1.82) is 0 Å². The first-order valence-corrected chi connectivity index (χ1v) is 7.50. The van der Waals surface area contributed by atoms with Gasteiger partial charge in [0.2, 0.25) is 0 Å². The van der Waals surface area contributed by atoms with E-state index in [4.69, 9.17) is 14.6 Å². The predicted molar refractivity (Wildman–Crippen MR) is 75.1 cm³/mol. The second-order valence-corrected chi connectivity index (χ2v) is 5.30. The van der Waals surface area contributed by atoms with Gasteiger partial charge >= 0.3 is 0 Å². The Morgan fingerprint density at radius 1 is 1.41 bits per heavy atom. The average Bonchev–Trinajstić information content (AvgIpc) is 2.35. The first-order chi connectivity index (χ1) is 8.22. The fourth-order valence-electron chi connectivity index (χ4n) is 1.38. The third-order valence-corrected chi connectivity index (χ3v) is 3.50. The van der Waals surface area contributed by atoms with Gasteiger partial charge in [-0.2, -0.15) is 11.8 Å². The van der Waals surface area contributed by atoms with Crippen LogP contribution in [0.15, 0.2) is 16.6 Å². The molecule has 1 N–H and O–H groups in total. The molecule has 0 unspecified atom stereocenters. The van der Waals surface area contributed by atoms with Crippen molar-refractivity contribution in [1.82, 2.24) is 0 Å². The quantitative estimate of drug-likeness (QED) is 0.784. The zero-order valence-electron chi connectivity index (χ0n) is 10.0. The summed E-state index contributed by atoms with van der Waals surface area (Å²) in [6.45, 7) is 0.649. The smallest absolute Gasteiger partial charge is 0.175 e. The zero-order valence-corrected chi connectivity index (χ0v) is 12.4. The number of aliphatic hydroxyl groups is 1. The van der Waals surface area contributed by atoms with Crippen LogP contribution in [-0.2, 0) is 6.61 Å². The summed E-state index contributed by atoms with van der Waals surface area (Å²) in [5.74, 6) is 2.42. The minimum Gasteiger partial charge on any atom is -0.493 e. The second-order valence-electron chi connectivity index (χ2n) is 3.46. The fourth-order valence-corrected chi connectivity index (χ4v) is 2.39. The third kappa shape index (κ3) is 4.41. The maximum atomic E-state index is 9.10. The molecule has 1 aromatic rings. The molecule has 0 amide bonds. The van der Waals surface area contributed by atoms with Crippen LogP contribution in [0.4, 0.5) is 0 Å². The fraction of sp³-hybridized carbons (Fsp3) is 0.500. The molecule has 0 bridgehead atoms. The van der Waals surface area contributed by atoms with Gasteiger partial charge in [0.15, 0.2) is 11.5 Å². The Bertz CT molecular complexity index is 358. The molecule has 0 radical (unpaired) electrons. The van der Waals surface area contributed by atoms with Gasteiger partial charge in [0, 0.05) is 0 Å². The van der Waals surface area contributed by atoms with Gasteiger partial charge < -0.3 is 14.6 Å². The Hall–Kier alpha value is -0.390. The molecule has 0 fully saturated rings. The highest BCUT2D eigenvalue weighted by molar-refractivity contribution is 9.10. The first kappa shape index (κ1) is 14.7. The van der Waals surface area contributed by atoms with Gasteiger partial charge in [-0.05, 0) is 52.1 Å². The van der Waals surface area contributed by atoms with Crippen LogP contribution >= 0.6 is 27.7 Å². The molecule has 3 nitrogen and oxygen atoms in total. The first-order valence-electron chi connectivity index (χ1n) is 5.32. The summed E-state index contributed by atoms with van der Waals surface area (Å²) in [4.78, 5) is 0. The maximum absolute atomic E-state index is 9.10. The molecule has 0 heterocycles. The Kier molecular flexibility index (Phi) is 6.77. The van der Waals surface area contributed by atoms with Gasteiger partial charge in [-0.15, -0.1) is 0 Å². The third-order valence-electron chi connectivity index (χ3n) is 2.21. The minimum atomic E-state index is -0.0122. The van der Waals surface area contributed by atoms with Crippen molar-refractivity contribution in [3.8, 4) is 11.5 Å². The molecule has 0 saturated heterocycles. The zero-order chi connectivity index (χ0) is 12.7. The van der Waals surface area contributed by atoms with Crippen LogP contribution in [0.5, 0.6) is 11.5 Å². The van der Waals surface area contributed by atoms with E-state index < -0.39 is 0 Å². The van der Waals surface area contributed by atoms with Gasteiger partial charge in [0.25, 0.3) is 0 Å². The summed E-state index contributed by atoms with van der Waals surface area (Å²) >= 11 is 5.23. The summed E-state index contributed by atoms with van der Waals surface area (Å²) in [5.41, 5.74) is 0.796. The van der Waals surface area contributed by atoms with Crippen molar-refractivity contribution in [2.45, 2.75) is 13.0 Å². The standard InChI is InChI=1S/C12H17BrO3S/c1-15-11-7-9(8-14)6-10(13)12(11)16-4-3-5-17-2/h6-7,14H,3-5,8H2,1-2H3. The summed E-state index contributed by atoms with van der Waals surface area (Å²) in [7, 11) is 1.59. The molecule has 0 aliphatic rings. The van der Waals surface area contributed by atoms with Gasteiger partial charge in [-0.1, -0.05) is 0 Å². The van der Waals surface area contributed by atoms with E-state index in [0.29, 0.717) is 18.1 Å². The maximum Gasteiger partial charge on any atom is 0.175 e. The van der Waals surface area contributed by atoms with Crippen molar-refractivity contribution in [2.75, 3.05) is 25.7 Å². The van der Waals surface area contributed by atoms with E-state index in [0.717, 1.165) is 22.2 Å². The van der Waals surface area contributed by atoms with E-state index in [1.807, 2.05) is 6.07 Å². The van der Waals surface area contributed by atoms with Gasteiger partial charge in [0.05, 0.1) is 24.8 Å². The van der Waals surface area contributed by atoms with Crippen LogP contribution in [0.2, 0.25) is 0 Å². The van der Waals surface area contributed by atoms with E-state index in [1.165, 1.54) is 0 Å². The number of aliphatic hydroxyl groups excluding tert-OH is 1. The molecule has 1 aromatic carbocycles. The molecular weight excluding hydrogens is 304 g/mol. The molecule has 0 saturated carbocycles. The lowest BCUT2D eigenvalue weighted by Crippen LogP contribution is -2.02. The van der Waals surface area contributed by atoms with Crippen LogP contribution in [0.1, 0.15) is 12.0 Å². The number of rotatable bonds is 7. The Morgan fingerprint density at radius 2 is 2.18 bits per heavy atom. The van der Waals surface area contributed by atoms with E-state index in [9.17, 15) is 0 Å². The normalized spacial score (nSPS) is 10.4. The lowest BCUT2D eigenvalue weighted by atomic mass is 10.2. The van der Waals surface area contributed by atoms with E-state index in [1.54, 1.807) is 24.9 Å². The summed E-state index contributed by atoms with van der Waals surface area (Å²) < 4.78 is 11.8. The van der Waals surface area contributed by atoms with Crippen LogP contribution in [0, 0.1) is 0 Å². The molecule has 0 atom stereocenters. The van der Waals surface area contributed by atoms with Crippen molar-refractivity contribution in [3.05, 3.63) is 22.2 Å². The highest BCUT2D eigenvalue weighted by Crippen LogP contribution is 2.36. The Balaban J connectivity index is 2.75. The molecule has 0 aliphatic heterocycles. The Morgan fingerprint density at radius 3 is 2.76 bits per heavy atom. The van der Waals surface area contributed by atoms with Crippen molar-refractivity contribution in [2.24, 2.45) is 0 Å². The monoisotopic (exact) mass is 320 g/mol. The van der Waals surface area contributed by atoms with E-state index in [-0.39, 0.29) is 6.61 Å². The molecule has 17 heavy (non-hydrogen) atoms. The summed E-state index contributed by atoms with van der Waals surface area (Å²) in [6, 6.07) is 3.63. The van der Waals surface area contributed by atoms with Crippen LogP contribution in [0.3, 0.4) is 0 Å². The number of methoxy groups -OCH3 is 1. The minimum absolute atomic E-state index is 0.0122. The van der Waals surface area contributed by atoms with Crippen LogP contribution < -0.4 is 9.47 Å². The number of halogens is 1. The number of hydrogen-bond acceptors (Lipinski definition) is 4. The second kappa shape index (κ2) is 7.84. The molecule has 96 valence electrons. The van der Waals surface area contributed by atoms with Crippen molar-refractivity contribution in [3.63, 3.8) is 0 Å². The number of hydrogen-bond donors (Lipinski definition) is 1. The van der Waals surface area contributed by atoms with Crippen LogP contribution in [-0.4, -0.2) is 30.8 Å². The number of benzene rings is 1. The lowest BCUT2D eigenvalue weighted by molar-refractivity contribution is 0.276. The summed E-state index contributed by atoms with van der Waals surface area (Å²) in [5, 5.41) is 9.10. The molecular formula is C12H17BrO3S. The number of ether oxygens (including phenoxy) is 2. The topological polar surface area (TPSA) is 38.7 Å². The van der Waals surface area contributed by atoms with Crippen molar-refractivity contribution < 1.29 is 14.6 Å². The van der Waals surface area contributed by atoms with Gasteiger partial charge in [-0.25, -0.2) is 0 Å². The van der Waals surface area contributed by atoms with E-state index in [2.05, 4.69) is 22.2 Å². The van der Waals surface area contributed by atoms with Crippen LogP contribution in [0.25, 0.3) is 0 Å². The highest BCUT2D eigenvalue weighted by Gasteiger charge is 2.11. The SMILES string of the molecule is COc1cc(CO)cc(Br)c1OCCCSC. The molecule has 0 aromatic heterocycles. The molecule has 0 spiro atoms. The largest absolute Gasteiger partial charge is 0.493 e. The molecule has 5 heteroatoms. The number of thioether (sulfide) groups is 1. The van der Waals surface area contributed by atoms with Gasteiger partial charge in [0.1, 0.15) is 0 Å². The molecule has 0 aliphatic carbocycles. The van der Waals surface area contributed by atoms with E-state index >= 15 is 0 Å². The summed E-state index contributed by atoms with van der Waals surface area (Å²) in [6.07, 6.45) is 3.07. The van der Waals surface area contributed by atoms with Crippen molar-refractivity contribution >= 4 is 27.7 Å². The predicted octanol–water partition coefficient (Wildman–Crippen LogP) is 3.08. The highest BCUT2D eigenvalue weighted by atomic mass is 79.9. The van der Waals surface area contributed by atoms with Gasteiger partial charge in [-0.3, -0.25) is 0 Å². The Labute approximate surface area is 115 Å².